The zero-order chi connectivity index (χ0) is 20.4. The van der Waals surface area contributed by atoms with Crippen molar-refractivity contribution in [2.75, 3.05) is 7.11 Å². The quantitative estimate of drug-likeness (QED) is 0.523. The second-order valence-corrected chi connectivity index (χ2v) is 6.72. The van der Waals surface area contributed by atoms with Gasteiger partial charge >= 0.3 is 5.63 Å². The molecule has 6 nitrogen and oxygen atoms in total. The highest BCUT2D eigenvalue weighted by Gasteiger charge is 2.17. The number of carbonyl (C=O) groups excluding carboxylic acids is 1. The maximum Gasteiger partial charge on any atom is 0.337 e. The summed E-state index contributed by atoms with van der Waals surface area (Å²) in [6.07, 6.45) is 3.93. The molecule has 0 aliphatic heterocycles. The molecule has 1 atom stereocenters. The maximum atomic E-state index is 12.9. The Balaban J connectivity index is 1.63. The van der Waals surface area contributed by atoms with Crippen molar-refractivity contribution >= 4 is 16.9 Å². The minimum atomic E-state index is -0.585. The van der Waals surface area contributed by atoms with Crippen LogP contribution >= 0.6 is 0 Å². The first kappa shape index (κ1) is 18.6. The van der Waals surface area contributed by atoms with E-state index in [-0.39, 0.29) is 17.5 Å². The van der Waals surface area contributed by atoms with Crippen LogP contribution in [0.1, 0.15) is 28.9 Å². The first-order chi connectivity index (χ1) is 14.0. The lowest BCUT2D eigenvalue weighted by molar-refractivity contribution is 0.0941. The largest absolute Gasteiger partial charge is 0.497 e. The predicted molar refractivity (Wildman–Crippen MR) is 111 cm³/mol. The monoisotopic (exact) mass is 388 g/mol. The van der Waals surface area contributed by atoms with Gasteiger partial charge in [0.05, 0.1) is 18.7 Å². The Morgan fingerprint density at radius 2 is 1.86 bits per heavy atom. The fourth-order valence-corrected chi connectivity index (χ4v) is 3.28. The van der Waals surface area contributed by atoms with Crippen LogP contribution in [0.5, 0.6) is 5.75 Å². The van der Waals surface area contributed by atoms with Crippen LogP contribution in [-0.4, -0.2) is 17.6 Å². The van der Waals surface area contributed by atoms with Crippen LogP contribution in [0.3, 0.4) is 0 Å². The van der Waals surface area contributed by atoms with Gasteiger partial charge in [0.2, 0.25) is 0 Å². The summed E-state index contributed by atoms with van der Waals surface area (Å²) in [5, 5.41) is 3.52. The van der Waals surface area contributed by atoms with E-state index in [0.29, 0.717) is 16.7 Å². The van der Waals surface area contributed by atoms with Crippen LogP contribution in [0.2, 0.25) is 0 Å². The van der Waals surface area contributed by atoms with Crippen LogP contribution in [-0.2, 0) is 0 Å². The van der Waals surface area contributed by atoms with Gasteiger partial charge in [-0.2, -0.15) is 0 Å². The number of nitrogens with one attached hydrogen (secondary N) is 1. The molecule has 0 radical (unpaired) electrons. The molecule has 0 bridgehead atoms. The number of rotatable bonds is 5. The summed E-state index contributed by atoms with van der Waals surface area (Å²) in [5.74, 6) is 0.209. The van der Waals surface area contributed by atoms with Crippen molar-refractivity contribution < 1.29 is 13.9 Å². The smallest absolute Gasteiger partial charge is 0.337 e. The van der Waals surface area contributed by atoms with Crippen molar-refractivity contribution in [3.63, 3.8) is 0 Å². The summed E-state index contributed by atoms with van der Waals surface area (Å²) < 4.78 is 12.4. The number of carbonyl (C=O) groups is 1. The fourth-order valence-electron chi connectivity index (χ4n) is 3.28. The van der Waals surface area contributed by atoms with Crippen molar-refractivity contribution in [3.05, 3.63) is 94.6 Å². The first-order valence-electron chi connectivity index (χ1n) is 9.21. The average Bonchev–Trinajstić information content (AvgIpc) is 3.27. The lowest BCUT2D eigenvalue weighted by atomic mass is 10.1. The van der Waals surface area contributed by atoms with Crippen molar-refractivity contribution in [3.8, 4) is 11.4 Å². The zero-order valence-corrected chi connectivity index (χ0v) is 16.1. The number of nitrogens with zero attached hydrogens (tertiary/aromatic N) is 1. The van der Waals surface area contributed by atoms with Crippen LogP contribution in [0.25, 0.3) is 16.7 Å². The molecule has 146 valence electrons. The molecular formula is C23H20N2O4. The summed E-state index contributed by atoms with van der Waals surface area (Å²) in [6.45, 7) is 1.91. The van der Waals surface area contributed by atoms with Gasteiger partial charge in [0.15, 0.2) is 0 Å². The summed E-state index contributed by atoms with van der Waals surface area (Å²) in [6, 6.07) is 17.8. The molecule has 1 unspecified atom stereocenters. The number of ether oxygens (including phenoxy) is 1. The molecule has 0 fully saturated rings. The average molecular weight is 388 g/mol. The molecule has 1 amide bonds. The second-order valence-electron chi connectivity index (χ2n) is 6.72. The van der Waals surface area contributed by atoms with Crippen molar-refractivity contribution in [2.45, 2.75) is 13.0 Å². The van der Waals surface area contributed by atoms with Crippen molar-refractivity contribution in [2.24, 2.45) is 0 Å². The van der Waals surface area contributed by atoms with Crippen LogP contribution in [0, 0.1) is 0 Å². The molecule has 2 aromatic heterocycles. The Labute approximate surface area is 167 Å². The molecule has 0 saturated carbocycles. The maximum absolute atomic E-state index is 12.9. The molecule has 0 saturated heterocycles. The number of benzene rings is 2. The van der Waals surface area contributed by atoms with E-state index >= 15 is 0 Å². The molecule has 29 heavy (non-hydrogen) atoms. The van der Waals surface area contributed by atoms with Gasteiger partial charge in [-0.15, -0.1) is 0 Å². The lowest BCUT2D eigenvalue weighted by Gasteiger charge is -2.16. The Morgan fingerprint density at radius 1 is 1.07 bits per heavy atom. The minimum Gasteiger partial charge on any atom is -0.497 e. The second kappa shape index (κ2) is 7.67. The first-order valence-corrected chi connectivity index (χ1v) is 9.21. The Kier molecular flexibility index (Phi) is 4.91. The summed E-state index contributed by atoms with van der Waals surface area (Å²) in [7, 11) is 1.53. The van der Waals surface area contributed by atoms with Gasteiger partial charge in [0, 0.05) is 35.6 Å². The molecule has 2 aromatic carbocycles. The normalized spacial score (nSPS) is 11.9. The van der Waals surface area contributed by atoms with Gasteiger partial charge in [-0.3, -0.25) is 4.79 Å². The van der Waals surface area contributed by atoms with Crippen molar-refractivity contribution in [1.29, 1.82) is 0 Å². The molecule has 0 spiro atoms. The third-order valence-electron chi connectivity index (χ3n) is 4.82. The lowest BCUT2D eigenvalue weighted by Crippen LogP contribution is -2.27. The standard InChI is InChI=1S/C23H20N2O4/c1-15(16-6-5-7-17(12-16)25-10-3-4-11-25)24-23(27)20-14-22(26)29-21-13-18(28-2)8-9-19(20)21/h3-15H,1-2H3,(H,24,27). The highest BCUT2D eigenvalue weighted by molar-refractivity contribution is 6.05. The van der Waals surface area contributed by atoms with Gasteiger partial charge < -0.3 is 19.0 Å². The fraction of sp³-hybridized carbons (Fsp3) is 0.130. The molecule has 4 rings (SSSR count). The molecule has 2 heterocycles. The van der Waals surface area contributed by atoms with Gasteiger partial charge in [-0.25, -0.2) is 4.79 Å². The topological polar surface area (TPSA) is 73.5 Å². The van der Waals surface area contributed by atoms with E-state index in [4.69, 9.17) is 9.15 Å². The molecular weight excluding hydrogens is 368 g/mol. The molecule has 4 aromatic rings. The number of fused-ring (bicyclic) bond motifs is 1. The highest BCUT2D eigenvalue weighted by Crippen LogP contribution is 2.23. The van der Waals surface area contributed by atoms with Crippen LogP contribution in [0.15, 0.2) is 82.3 Å². The van der Waals surface area contributed by atoms with E-state index in [1.54, 1.807) is 18.2 Å². The molecule has 0 aliphatic rings. The number of aromatic nitrogens is 1. The van der Waals surface area contributed by atoms with E-state index in [0.717, 1.165) is 11.3 Å². The van der Waals surface area contributed by atoms with E-state index in [2.05, 4.69) is 5.32 Å². The van der Waals surface area contributed by atoms with Gasteiger partial charge in [-0.1, -0.05) is 12.1 Å². The zero-order valence-electron chi connectivity index (χ0n) is 16.1. The molecule has 6 heteroatoms. The summed E-state index contributed by atoms with van der Waals surface area (Å²) in [4.78, 5) is 24.9. The number of hydrogen-bond donors (Lipinski definition) is 1. The highest BCUT2D eigenvalue weighted by atomic mass is 16.5. The Hall–Kier alpha value is -3.80. The van der Waals surface area contributed by atoms with Crippen LogP contribution < -0.4 is 15.7 Å². The minimum absolute atomic E-state index is 0.251. The van der Waals surface area contributed by atoms with Gasteiger partial charge in [0.1, 0.15) is 11.3 Å². The van der Waals surface area contributed by atoms with E-state index in [1.165, 1.54) is 13.2 Å². The van der Waals surface area contributed by atoms with E-state index < -0.39 is 5.63 Å². The van der Waals surface area contributed by atoms with Gasteiger partial charge in [-0.05, 0) is 48.9 Å². The van der Waals surface area contributed by atoms with E-state index in [1.807, 2.05) is 60.3 Å². The summed E-state index contributed by atoms with van der Waals surface area (Å²) in [5.41, 5.74) is 1.96. The predicted octanol–water partition coefficient (Wildman–Crippen LogP) is 4.08. The van der Waals surface area contributed by atoms with E-state index in [9.17, 15) is 9.59 Å². The molecule has 1 N–H and O–H groups in total. The number of hydrogen-bond acceptors (Lipinski definition) is 4. The van der Waals surface area contributed by atoms with Crippen molar-refractivity contribution in [1.82, 2.24) is 9.88 Å². The van der Waals surface area contributed by atoms with Crippen LogP contribution in [0.4, 0.5) is 0 Å². The Bertz CT molecular complexity index is 1230. The van der Waals surface area contributed by atoms with Gasteiger partial charge in [0.25, 0.3) is 5.91 Å². The number of amides is 1. The molecule has 0 aliphatic carbocycles. The summed E-state index contributed by atoms with van der Waals surface area (Å²) >= 11 is 0. The third-order valence-corrected chi connectivity index (χ3v) is 4.82. The SMILES string of the molecule is COc1ccc2c(C(=O)NC(C)c3cccc(-n4cccc4)c3)cc(=O)oc2c1. The Morgan fingerprint density at radius 3 is 2.62 bits per heavy atom. The third kappa shape index (κ3) is 3.78. The number of methoxy groups -OCH3 is 1.